The number of furan rings is 1. The summed E-state index contributed by atoms with van der Waals surface area (Å²) in [5.41, 5.74) is 8.74. The molecule has 0 N–H and O–H groups in total. The highest BCUT2D eigenvalue weighted by molar-refractivity contribution is 6.12. The first kappa shape index (κ1) is 16.4. The second-order valence-electron chi connectivity index (χ2n) is 8.24. The van der Waals surface area contributed by atoms with Crippen molar-refractivity contribution >= 4 is 33.1 Å². The number of aromatic nitrogens is 1. The summed E-state index contributed by atoms with van der Waals surface area (Å²) in [6.45, 7) is 6.77. The van der Waals surface area contributed by atoms with Crippen molar-refractivity contribution < 1.29 is 8.98 Å². The summed E-state index contributed by atoms with van der Waals surface area (Å²) >= 11 is 0. The molecular weight excluding hydrogens is 332 g/mol. The van der Waals surface area contributed by atoms with Crippen LogP contribution < -0.4 is 9.47 Å². The van der Waals surface area contributed by atoms with Gasteiger partial charge < -0.3 is 9.32 Å². The second-order valence-corrected chi connectivity index (χ2v) is 8.24. The predicted molar refractivity (Wildman–Crippen MR) is 112 cm³/mol. The Morgan fingerprint density at radius 2 is 1.93 bits per heavy atom. The van der Waals surface area contributed by atoms with Crippen LogP contribution in [-0.2, 0) is 13.5 Å². The summed E-state index contributed by atoms with van der Waals surface area (Å²) < 4.78 is 8.01. The zero-order valence-electron chi connectivity index (χ0n) is 16.6. The van der Waals surface area contributed by atoms with Crippen LogP contribution in [0.25, 0.3) is 33.0 Å². The van der Waals surface area contributed by atoms with Gasteiger partial charge in [-0.2, -0.15) is 0 Å². The number of aryl methyl sites for hydroxylation is 2. The molecule has 3 heterocycles. The molecule has 0 unspecified atom stereocenters. The van der Waals surface area contributed by atoms with Crippen LogP contribution in [0.4, 0.5) is 11.4 Å². The lowest BCUT2D eigenvalue weighted by Gasteiger charge is -2.30. The Kier molecular flexibility index (Phi) is 3.39. The zero-order chi connectivity index (χ0) is 18.9. The molecule has 0 radical (unpaired) electrons. The van der Waals surface area contributed by atoms with Crippen molar-refractivity contribution in [2.24, 2.45) is 13.0 Å². The summed E-state index contributed by atoms with van der Waals surface area (Å²) in [6, 6.07) is 11.3. The summed E-state index contributed by atoms with van der Waals surface area (Å²) in [6.07, 6.45) is 5.07. The third kappa shape index (κ3) is 2.24. The minimum Gasteiger partial charge on any atom is -0.464 e. The van der Waals surface area contributed by atoms with Gasteiger partial charge >= 0.3 is 0 Å². The van der Waals surface area contributed by atoms with E-state index in [1.807, 2.05) is 0 Å². The van der Waals surface area contributed by atoms with Crippen LogP contribution >= 0.6 is 0 Å². The molecule has 3 nitrogen and oxygen atoms in total. The summed E-state index contributed by atoms with van der Waals surface area (Å²) in [7, 11) is 4.33. The molecule has 1 aliphatic rings. The predicted octanol–water partition coefficient (Wildman–Crippen LogP) is 5.67. The average molecular weight is 357 g/mol. The molecule has 4 aromatic rings. The van der Waals surface area contributed by atoms with E-state index in [4.69, 9.17) is 4.42 Å². The van der Waals surface area contributed by atoms with Gasteiger partial charge in [-0.15, -0.1) is 0 Å². The molecule has 27 heavy (non-hydrogen) atoms. The fourth-order valence-electron chi connectivity index (χ4n) is 4.66. The average Bonchev–Trinajstić information content (AvgIpc) is 3.09. The van der Waals surface area contributed by atoms with Gasteiger partial charge in [0.2, 0.25) is 5.69 Å². The SMILES string of the molecule is Cc1c2c(cc3occc13)N(C)c1cc(CC(C)C)cc3cc[n+](C)c-2c13. The molecular formula is C24H25N2O+. The molecule has 2 aromatic carbocycles. The molecule has 0 atom stereocenters. The van der Waals surface area contributed by atoms with Crippen LogP contribution in [-0.4, -0.2) is 7.05 Å². The molecule has 2 aromatic heterocycles. The molecule has 0 spiro atoms. The first-order valence-corrected chi connectivity index (χ1v) is 9.66. The zero-order valence-corrected chi connectivity index (χ0v) is 16.6. The van der Waals surface area contributed by atoms with Gasteiger partial charge in [-0.3, -0.25) is 0 Å². The standard InChI is InChI=1S/C24H25N2O/c1-14(2)10-16-11-17-6-8-25(4)24-22-15(3)18-7-9-27-21(18)13-20(22)26(5)19(12-16)23(17)24/h6-9,11-14H,10H2,1-5H3/q+1. The van der Waals surface area contributed by atoms with Gasteiger partial charge in [-0.05, 0) is 47.9 Å². The maximum absolute atomic E-state index is 5.75. The van der Waals surface area contributed by atoms with Crippen molar-refractivity contribution in [2.45, 2.75) is 27.2 Å². The van der Waals surface area contributed by atoms with Crippen molar-refractivity contribution in [3.05, 3.63) is 53.9 Å². The van der Waals surface area contributed by atoms with Crippen molar-refractivity contribution in [2.75, 3.05) is 11.9 Å². The maximum Gasteiger partial charge on any atom is 0.224 e. The van der Waals surface area contributed by atoms with Gasteiger partial charge in [0.1, 0.15) is 12.6 Å². The summed E-state index contributed by atoms with van der Waals surface area (Å²) in [5, 5.41) is 3.85. The smallest absolute Gasteiger partial charge is 0.224 e. The number of rotatable bonds is 2. The molecule has 5 rings (SSSR count). The van der Waals surface area contributed by atoms with E-state index in [1.165, 1.54) is 49.9 Å². The van der Waals surface area contributed by atoms with Gasteiger partial charge in [0, 0.05) is 24.6 Å². The topological polar surface area (TPSA) is 20.3 Å². The molecule has 0 aliphatic carbocycles. The van der Waals surface area contributed by atoms with Crippen LogP contribution in [0, 0.1) is 12.8 Å². The Hall–Kier alpha value is -2.81. The molecule has 136 valence electrons. The normalized spacial score (nSPS) is 13.0. The Bertz CT molecular complexity index is 1220. The number of pyridine rings is 1. The minimum atomic E-state index is 0.639. The Balaban J connectivity index is 1.92. The van der Waals surface area contributed by atoms with Crippen LogP contribution in [0.5, 0.6) is 0 Å². The van der Waals surface area contributed by atoms with E-state index >= 15 is 0 Å². The van der Waals surface area contributed by atoms with Crippen molar-refractivity contribution in [1.29, 1.82) is 0 Å². The molecule has 0 saturated carbocycles. The van der Waals surface area contributed by atoms with Crippen molar-refractivity contribution in [3.8, 4) is 11.3 Å². The van der Waals surface area contributed by atoms with Crippen LogP contribution in [0.1, 0.15) is 25.0 Å². The molecule has 0 bridgehead atoms. The molecule has 0 amide bonds. The summed E-state index contributed by atoms with van der Waals surface area (Å²) in [5.74, 6) is 0.639. The third-order valence-corrected chi connectivity index (χ3v) is 5.88. The van der Waals surface area contributed by atoms with E-state index in [9.17, 15) is 0 Å². The number of fused-ring (bicyclic) bond motifs is 3. The second kappa shape index (κ2) is 5.59. The van der Waals surface area contributed by atoms with Crippen molar-refractivity contribution in [3.63, 3.8) is 0 Å². The first-order chi connectivity index (χ1) is 13.0. The minimum absolute atomic E-state index is 0.639. The maximum atomic E-state index is 5.75. The quantitative estimate of drug-likeness (QED) is 0.431. The highest BCUT2D eigenvalue weighted by Crippen LogP contribution is 2.49. The molecule has 0 fully saturated rings. The number of hydrogen-bond donors (Lipinski definition) is 0. The fraction of sp³-hybridized carbons (Fsp3) is 0.292. The van der Waals surface area contributed by atoms with Crippen LogP contribution in [0.2, 0.25) is 0 Å². The van der Waals surface area contributed by atoms with Crippen LogP contribution in [0.15, 0.2) is 47.2 Å². The number of hydrogen-bond acceptors (Lipinski definition) is 2. The lowest BCUT2D eigenvalue weighted by molar-refractivity contribution is -0.659. The Labute approximate surface area is 159 Å². The van der Waals surface area contributed by atoms with Gasteiger partial charge in [0.25, 0.3) is 0 Å². The lowest BCUT2D eigenvalue weighted by Crippen LogP contribution is -2.33. The van der Waals surface area contributed by atoms with E-state index in [-0.39, 0.29) is 0 Å². The van der Waals surface area contributed by atoms with Gasteiger partial charge in [-0.1, -0.05) is 19.9 Å². The summed E-state index contributed by atoms with van der Waals surface area (Å²) in [4.78, 5) is 2.34. The Morgan fingerprint density at radius 3 is 2.70 bits per heavy atom. The third-order valence-electron chi connectivity index (χ3n) is 5.88. The first-order valence-electron chi connectivity index (χ1n) is 9.66. The monoisotopic (exact) mass is 357 g/mol. The van der Waals surface area contributed by atoms with Crippen LogP contribution in [0.3, 0.4) is 0 Å². The molecule has 3 heteroatoms. The van der Waals surface area contributed by atoms with E-state index in [0.29, 0.717) is 5.92 Å². The van der Waals surface area contributed by atoms with E-state index < -0.39 is 0 Å². The highest BCUT2D eigenvalue weighted by Gasteiger charge is 2.32. The van der Waals surface area contributed by atoms with Gasteiger partial charge in [0.05, 0.1) is 28.6 Å². The molecule has 0 saturated heterocycles. The van der Waals surface area contributed by atoms with Crippen molar-refractivity contribution in [1.82, 2.24) is 0 Å². The lowest BCUT2D eigenvalue weighted by atomic mass is 9.89. The van der Waals surface area contributed by atoms with Gasteiger partial charge in [0.15, 0.2) is 6.20 Å². The number of benzene rings is 2. The van der Waals surface area contributed by atoms with E-state index in [2.05, 4.69) is 80.9 Å². The molecule has 1 aliphatic heterocycles. The highest BCUT2D eigenvalue weighted by atomic mass is 16.3. The fourth-order valence-corrected chi connectivity index (χ4v) is 4.66. The number of anilines is 2. The number of nitrogens with zero attached hydrogens (tertiary/aromatic N) is 2. The van der Waals surface area contributed by atoms with E-state index in [1.54, 1.807) is 6.26 Å². The Morgan fingerprint density at radius 1 is 1.11 bits per heavy atom. The largest absolute Gasteiger partial charge is 0.464 e. The van der Waals surface area contributed by atoms with E-state index in [0.717, 1.165) is 12.0 Å². The van der Waals surface area contributed by atoms with Gasteiger partial charge in [-0.25, -0.2) is 4.57 Å².